The standard InChI is InChI=1S/C18H11F3N2O2S2/c19-18(20,21)25-12-3-1-10(2-4-12)15-9-22-7-11-5-13(24-16(11)15)6-14-8-23-17(26)27-14/h1-7,9H,8H2,(H,23,26)/b14-6-. The molecule has 4 nitrogen and oxygen atoms in total. The zero-order chi connectivity index (χ0) is 19.0. The fraction of sp³-hybridized carbons (Fsp3) is 0.111. The lowest BCUT2D eigenvalue weighted by atomic mass is 10.1. The van der Waals surface area contributed by atoms with Gasteiger partial charge in [0.2, 0.25) is 0 Å². The number of thiocarbonyl (C=S) groups is 1. The normalized spacial score (nSPS) is 16.1. The Morgan fingerprint density at radius 1 is 1.22 bits per heavy atom. The van der Waals surface area contributed by atoms with Crippen molar-refractivity contribution in [3.63, 3.8) is 0 Å². The van der Waals surface area contributed by atoms with Crippen LogP contribution >= 0.6 is 24.0 Å². The Labute approximate surface area is 161 Å². The van der Waals surface area contributed by atoms with E-state index in [0.29, 0.717) is 29.0 Å². The van der Waals surface area contributed by atoms with Gasteiger partial charge in [-0.2, -0.15) is 0 Å². The average molecular weight is 408 g/mol. The Hall–Kier alpha value is -2.52. The van der Waals surface area contributed by atoms with Crippen molar-refractivity contribution >= 4 is 45.3 Å². The van der Waals surface area contributed by atoms with E-state index in [0.717, 1.165) is 14.6 Å². The molecule has 1 saturated heterocycles. The van der Waals surface area contributed by atoms with E-state index in [4.69, 9.17) is 16.6 Å². The van der Waals surface area contributed by atoms with Gasteiger partial charge in [0, 0.05) is 34.8 Å². The smallest absolute Gasteiger partial charge is 0.456 e. The van der Waals surface area contributed by atoms with Crippen LogP contribution in [0.25, 0.3) is 28.2 Å². The van der Waals surface area contributed by atoms with E-state index in [2.05, 4.69) is 15.0 Å². The predicted molar refractivity (Wildman–Crippen MR) is 102 cm³/mol. The van der Waals surface area contributed by atoms with E-state index in [1.807, 2.05) is 12.1 Å². The molecule has 0 unspecified atom stereocenters. The summed E-state index contributed by atoms with van der Waals surface area (Å²) in [6.45, 7) is 0.659. The van der Waals surface area contributed by atoms with Gasteiger partial charge in [0.05, 0.1) is 0 Å². The molecular formula is C18H11F3N2O2S2. The first kappa shape index (κ1) is 17.9. The summed E-state index contributed by atoms with van der Waals surface area (Å²) in [5.74, 6) is 0.378. The van der Waals surface area contributed by atoms with Gasteiger partial charge in [-0.3, -0.25) is 4.98 Å². The third kappa shape index (κ3) is 4.09. The van der Waals surface area contributed by atoms with Crippen molar-refractivity contribution < 1.29 is 22.3 Å². The molecule has 27 heavy (non-hydrogen) atoms. The van der Waals surface area contributed by atoms with Crippen molar-refractivity contribution in [3.05, 3.63) is 53.4 Å². The molecule has 0 bridgehead atoms. The minimum Gasteiger partial charge on any atom is -0.456 e. The van der Waals surface area contributed by atoms with Crippen molar-refractivity contribution in [3.8, 4) is 16.9 Å². The fourth-order valence-electron chi connectivity index (χ4n) is 2.68. The molecule has 2 aromatic heterocycles. The number of nitrogens with one attached hydrogen (secondary N) is 1. The zero-order valence-electron chi connectivity index (χ0n) is 13.5. The molecule has 1 aliphatic rings. The highest BCUT2D eigenvalue weighted by Gasteiger charge is 2.31. The Bertz CT molecular complexity index is 1040. The lowest BCUT2D eigenvalue weighted by Gasteiger charge is -2.09. The number of halogens is 3. The number of nitrogens with zero attached hydrogens (tertiary/aromatic N) is 1. The van der Waals surface area contributed by atoms with Crippen LogP contribution in [0.1, 0.15) is 5.76 Å². The van der Waals surface area contributed by atoms with E-state index in [-0.39, 0.29) is 5.75 Å². The number of thioether (sulfide) groups is 1. The molecule has 1 N–H and O–H groups in total. The van der Waals surface area contributed by atoms with Crippen LogP contribution in [0.3, 0.4) is 0 Å². The Balaban J connectivity index is 1.67. The maximum absolute atomic E-state index is 12.3. The number of benzene rings is 1. The molecule has 3 aromatic rings. The van der Waals surface area contributed by atoms with Crippen molar-refractivity contribution in [1.29, 1.82) is 0 Å². The highest BCUT2D eigenvalue weighted by molar-refractivity contribution is 8.26. The van der Waals surface area contributed by atoms with E-state index in [1.165, 1.54) is 36.0 Å². The summed E-state index contributed by atoms with van der Waals surface area (Å²) in [4.78, 5) is 5.24. The second kappa shape index (κ2) is 6.90. The zero-order valence-corrected chi connectivity index (χ0v) is 15.2. The Kier molecular flexibility index (Phi) is 4.56. The summed E-state index contributed by atoms with van der Waals surface area (Å²) in [5, 5.41) is 3.86. The number of furan rings is 1. The van der Waals surface area contributed by atoms with E-state index >= 15 is 0 Å². The summed E-state index contributed by atoms with van der Waals surface area (Å²) < 4.78 is 47.5. The molecule has 9 heteroatoms. The highest BCUT2D eigenvalue weighted by atomic mass is 32.2. The number of aromatic nitrogens is 1. The largest absolute Gasteiger partial charge is 0.573 e. The van der Waals surface area contributed by atoms with E-state index < -0.39 is 6.36 Å². The number of hydrogen-bond acceptors (Lipinski definition) is 5. The molecule has 1 aliphatic heterocycles. The van der Waals surface area contributed by atoms with Crippen LogP contribution in [0, 0.1) is 0 Å². The fourth-order valence-corrected chi connectivity index (χ4v) is 3.78. The molecule has 0 atom stereocenters. The van der Waals surface area contributed by atoms with Crippen LogP contribution < -0.4 is 10.1 Å². The lowest BCUT2D eigenvalue weighted by molar-refractivity contribution is -0.274. The van der Waals surface area contributed by atoms with Gasteiger partial charge < -0.3 is 14.5 Å². The first-order valence-electron chi connectivity index (χ1n) is 7.77. The number of alkyl halides is 3. The molecule has 138 valence electrons. The third-order valence-corrected chi connectivity index (χ3v) is 5.02. The van der Waals surface area contributed by atoms with Crippen molar-refractivity contribution in [2.45, 2.75) is 6.36 Å². The van der Waals surface area contributed by atoms with Crippen LogP contribution in [0.5, 0.6) is 5.75 Å². The van der Waals surface area contributed by atoms with Crippen molar-refractivity contribution in [2.24, 2.45) is 0 Å². The van der Waals surface area contributed by atoms with Crippen molar-refractivity contribution in [1.82, 2.24) is 10.3 Å². The average Bonchev–Trinajstić information content (AvgIpc) is 3.19. The van der Waals surface area contributed by atoms with Gasteiger partial charge in [0.15, 0.2) is 0 Å². The number of rotatable bonds is 3. The monoisotopic (exact) mass is 408 g/mol. The second-order valence-corrected chi connectivity index (χ2v) is 7.48. The van der Waals surface area contributed by atoms with Crippen LogP contribution in [0.2, 0.25) is 0 Å². The van der Waals surface area contributed by atoms with Gasteiger partial charge in [-0.25, -0.2) is 0 Å². The van der Waals surface area contributed by atoms with Gasteiger partial charge in [0.1, 0.15) is 21.4 Å². The number of fused-ring (bicyclic) bond motifs is 1. The Morgan fingerprint density at radius 2 is 2.00 bits per heavy atom. The summed E-state index contributed by atoms with van der Waals surface area (Å²) in [7, 11) is 0. The van der Waals surface area contributed by atoms with Gasteiger partial charge in [-0.15, -0.1) is 13.2 Å². The second-order valence-electron chi connectivity index (χ2n) is 5.68. The molecule has 4 rings (SSSR count). The minimum atomic E-state index is -4.72. The molecular weight excluding hydrogens is 397 g/mol. The molecule has 3 heterocycles. The van der Waals surface area contributed by atoms with Crippen LogP contribution in [0.15, 0.2) is 52.0 Å². The van der Waals surface area contributed by atoms with Gasteiger partial charge >= 0.3 is 6.36 Å². The minimum absolute atomic E-state index is 0.280. The predicted octanol–water partition coefficient (Wildman–Crippen LogP) is 5.36. The molecule has 1 fully saturated rings. The van der Waals surface area contributed by atoms with Gasteiger partial charge in [-0.1, -0.05) is 36.1 Å². The summed E-state index contributed by atoms with van der Waals surface area (Å²) in [6.07, 6.45) is 0.475. The van der Waals surface area contributed by atoms with Gasteiger partial charge in [0.25, 0.3) is 0 Å². The van der Waals surface area contributed by atoms with E-state index in [1.54, 1.807) is 12.4 Å². The van der Waals surface area contributed by atoms with Crippen LogP contribution in [0.4, 0.5) is 13.2 Å². The van der Waals surface area contributed by atoms with E-state index in [9.17, 15) is 13.2 Å². The first-order chi connectivity index (χ1) is 12.9. The molecule has 0 amide bonds. The number of hydrogen-bond donors (Lipinski definition) is 1. The summed E-state index contributed by atoms with van der Waals surface area (Å²) >= 11 is 6.57. The van der Waals surface area contributed by atoms with Crippen molar-refractivity contribution in [2.75, 3.05) is 6.54 Å². The molecule has 0 aliphatic carbocycles. The first-order valence-corrected chi connectivity index (χ1v) is 9.00. The Morgan fingerprint density at radius 3 is 2.67 bits per heavy atom. The maximum Gasteiger partial charge on any atom is 0.573 e. The molecule has 0 radical (unpaired) electrons. The SMILES string of the molecule is FC(F)(F)Oc1ccc(-c2cncc3cc(/C=C4/CNC(=S)S4)oc23)cc1. The molecule has 0 spiro atoms. The van der Waals surface area contributed by atoms with Gasteiger partial charge in [-0.05, 0) is 29.8 Å². The quantitative estimate of drug-likeness (QED) is 0.589. The number of pyridine rings is 1. The topological polar surface area (TPSA) is 47.3 Å². The lowest BCUT2D eigenvalue weighted by Crippen LogP contribution is -2.16. The number of ether oxygens (including phenoxy) is 1. The molecule has 1 aromatic carbocycles. The van der Waals surface area contributed by atoms with Crippen LogP contribution in [-0.2, 0) is 0 Å². The third-order valence-electron chi connectivity index (χ3n) is 3.77. The summed E-state index contributed by atoms with van der Waals surface area (Å²) in [6, 6.07) is 7.45. The summed E-state index contributed by atoms with van der Waals surface area (Å²) in [5.41, 5.74) is 1.97. The highest BCUT2D eigenvalue weighted by Crippen LogP contribution is 2.33. The van der Waals surface area contributed by atoms with Crippen LogP contribution in [-0.4, -0.2) is 22.2 Å². The molecule has 0 saturated carbocycles. The maximum atomic E-state index is 12.3.